The molecule has 0 spiro atoms. The molecule has 102 valence electrons. The van der Waals surface area contributed by atoms with Gasteiger partial charge in [0.15, 0.2) is 0 Å². The zero-order chi connectivity index (χ0) is 13.4. The Kier molecular flexibility index (Phi) is 3.29. The first-order valence-electron chi connectivity index (χ1n) is 6.95. The van der Waals surface area contributed by atoms with Crippen molar-refractivity contribution in [2.24, 2.45) is 11.7 Å². The molecule has 0 bridgehead atoms. The van der Waals surface area contributed by atoms with E-state index in [2.05, 4.69) is 18.3 Å². The van der Waals surface area contributed by atoms with Gasteiger partial charge >= 0.3 is 0 Å². The molecule has 4 nitrogen and oxygen atoms in total. The van der Waals surface area contributed by atoms with Crippen LogP contribution in [0.5, 0.6) is 0 Å². The van der Waals surface area contributed by atoms with Crippen molar-refractivity contribution in [3.8, 4) is 0 Å². The Hall–Kier alpha value is -1.39. The summed E-state index contributed by atoms with van der Waals surface area (Å²) in [5.74, 6) is 0.357. The Morgan fingerprint density at radius 2 is 2.32 bits per heavy atom. The fraction of sp³-hybridized carbons (Fsp3) is 0.533. The summed E-state index contributed by atoms with van der Waals surface area (Å²) >= 11 is 0. The van der Waals surface area contributed by atoms with Gasteiger partial charge in [-0.25, -0.2) is 0 Å². The zero-order valence-corrected chi connectivity index (χ0v) is 11.2. The standard InChI is InChI=1S/C15H20N2O2/c1-9-12(5-7-19-9)14(16)11-3-2-10-4-6-17-15(18)13(10)8-11/h2-3,8-9,12,14H,4-7,16H2,1H3,(H,17,18). The molecule has 3 unspecified atom stereocenters. The molecule has 1 amide bonds. The summed E-state index contributed by atoms with van der Waals surface area (Å²) in [5, 5.41) is 2.88. The molecule has 0 saturated carbocycles. The topological polar surface area (TPSA) is 64.3 Å². The number of nitrogens with one attached hydrogen (secondary N) is 1. The van der Waals surface area contributed by atoms with E-state index in [-0.39, 0.29) is 18.1 Å². The van der Waals surface area contributed by atoms with Crippen LogP contribution in [0.25, 0.3) is 0 Å². The second-order valence-corrected chi connectivity index (χ2v) is 5.48. The number of nitrogens with two attached hydrogens (primary N) is 1. The van der Waals surface area contributed by atoms with Gasteiger partial charge in [-0.1, -0.05) is 12.1 Å². The number of benzene rings is 1. The first kappa shape index (κ1) is 12.6. The third-order valence-electron chi connectivity index (χ3n) is 4.34. The predicted octanol–water partition coefficient (Wildman–Crippen LogP) is 1.40. The highest BCUT2D eigenvalue weighted by Crippen LogP contribution is 2.32. The Bertz CT molecular complexity index is 501. The third kappa shape index (κ3) is 2.26. The molecule has 2 aliphatic heterocycles. The molecule has 0 radical (unpaired) electrons. The molecule has 4 heteroatoms. The Morgan fingerprint density at radius 1 is 1.47 bits per heavy atom. The van der Waals surface area contributed by atoms with Crippen molar-refractivity contribution in [2.75, 3.05) is 13.2 Å². The maximum Gasteiger partial charge on any atom is 0.251 e. The minimum Gasteiger partial charge on any atom is -0.378 e. The number of rotatable bonds is 2. The number of ether oxygens (including phenoxy) is 1. The highest BCUT2D eigenvalue weighted by molar-refractivity contribution is 5.96. The third-order valence-corrected chi connectivity index (χ3v) is 4.34. The maximum absolute atomic E-state index is 11.9. The fourth-order valence-electron chi connectivity index (χ4n) is 3.10. The Balaban J connectivity index is 1.89. The highest BCUT2D eigenvalue weighted by atomic mass is 16.5. The number of hydrogen-bond acceptors (Lipinski definition) is 3. The van der Waals surface area contributed by atoms with Crippen LogP contribution in [0.3, 0.4) is 0 Å². The number of carbonyl (C=O) groups is 1. The lowest BCUT2D eigenvalue weighted by Crippen LogP contribution is -2.32. The first-order chi connectivity index (χ1) is 9.16. The molecular formula is C15H20N2O2. The van der Waals surface area contributed by atoms with Crippen LogP contribution in [0, 0.1) is 5.92 Å². The van der Waals surface area contributed by atoms with E-state index >= 15 is 0 Å². The molecule has 19 heavy (non-hydrogen) atoms. The first-order valence-corrected chi connectivity index (χ1v) is 6.95. The lowest BCUT2D eigenvalue weighted by Gasteiger charge is -2.24. The van der Waals surface area contributed by atoms with E-state index in [1.54, 1.807) is 0 Å². The molecule has 1 aromatic carbocycles. The van der Waals surface area contributed by atoms with Gasteiger partial charge < -0.3 is 15.8 Å². The fourth-order valence-corrected chi connectivity index (χ4v) is 3.10. The Labute approximate surface area is 113 Å². The van der Waals surface area contributed by atoms with Gasteiger partial charge in [0.1, 0.15) is 0 Å². The number of hydrogen-bond donors (Lipinski definition) is 2. The highest BCUT2D eigenvalue weighted by Gasteiger charge is 2.31. The van der Waals surface area contributed by atoms with Crippen LogP contribution in [0.15, 0.2) is 18.2 Å². The van der Waals surface area contributed by atoms with Crippen molar-refractivity contribution in [1.29, 1.82) is 0 Å². The lowest BCUT2D eigenvalue weighted by molar-refractivity contribution is 0.0945. The van der Waals surface area contributed by atoms with Crippen LogP contribution in [-0.2, 0) is 11.2 Å². The van der Waals surface area contributed by atoms with Gasteiger partial charge in [0.2, 0.25) is 0 Å². The average molecular weight is 260 g/mol. The average Bonchev–Trinajstić information content (AvgIpc) is 2.84. The summed E-state index contributed by atoms with van der Waals surface area (Å²) in [4.78, 5) is 11.9. The van der Waals surface area contributed by atoms with Crippen LogP contribution in [0.4, 0.5) is 0 Å². The molecule has 3 atom stereocenters. The van der Waals surface area contributed by atoms with Gasteiger partial charge in [0, 0.05) is 30.7 Å². The normalized spacial score (nSPS) is 27.8. The summed E-state index contributed by atoms with van der Waals surface area (Å²) < 4.78 is 5.58. The SMILES string of the molecule is CC1OCCC1C(N)c1ccc2c(c1)C(=O)NCC2. The van der Waals surface area contributed by atoms with Crippen LogP contribution >= 0.6 is 0 Å². The summed E-state index contributed by atoms with van der Waals surface area (Å²) in [6.07, 6.45) is 2.09. The molecule has 3 N–H and O–H groups in total. The molecular weight excluding hydrogens is 240 g/mol. The van der Waals surface area contributed by atoms with E-state index in [1.165, 1.54) is 0 Å². The summed E-state index contributed by atoms with van der Waals surface area (Å²) in [5.41, 5.74) is 9.30. The van der Waals surface area contributed by atoms with Crippen molar-refractivity contribution >= 4 is 5.91 Å². The van der Waals surface area contributed by atoms with E-state index < -0.39 is 0 Å². The lowest BCUT2D eigenvalue weighted by atomic mass is 9.87. The molecule has 1 saturated heterocycles. The minimum absolute atomic E-state index is 0.0195. The smallest absolute Gasteiger partial charge is 0.251 e. The second kappa shape index (κ2) is 4.94. The Morgan fingerprint density at radius 3 is 3.05 bits per heavy atom. The quantitative estimate of drug-likeness (QED) is 0.844. The van der Waals surface area contributed by atoms with E-state index in [1.807, 2.05) is 12.1 Å². The molecule has 2 aliphatic rings. The largest absolute Gasteiger partial charge is 0.378 e. The molecule has 1 fully saturated rings. The van der Waals surface area contributed by atoms with Crippen LogP contribution in [-0.4, -0.2) is 25.2 Å². The number of carbonyl (C=O) groups excluding carboxylic acids is 1. The van der Waals surface area contributed by atoms with Crippen LogP contribution < -0.4 is 11.1 Å². The second-order valence-electron chi connectivity index (χ2n) is 5.48. The van der Waals surface area contributed by atoms with Crippen molar-refractivity contribution in [1.82, 2.24) is 5.32 Å². The molecule has 3 rings (SSSR count). The van der Waals surface area contributed by atoms with E-state index in [4.69, 9.17) is 10.5 Å². The van der Waals surface area contributed by atoms with Gasteiger partial charge in [-0.15, -0.1) is 0 Å². The predicted molar refractivity (Wildman–Crippen MR) is 72.9 cm³/mol. The van der Waals surface area contributed by atoms with Crippen LogP contribution in [0.1, 0.15) is 40.9 Å². The summed E-state index contributed by atoms with van der Waals surface area (Å²) in [6, 6.07) is 6.01. The van der Waals surface area contributed by atoms with E-state index in [9.17, 15) is 4.79 Å². The molecule has 1 aromatic rings. The van der Waals surface area contributed by atoms with Gasteiger partial charge in [-0.3, -0.25) is 4.79 Å². The van der Waals surface area contributed by atoms with Gasteiger partial charge in [-0.2, -0.15) is 0 Å². The zero-order valence-electron chi connectivity index (χ0n) is 11.2. The van der Waals surface area contributed by atoms with Crippen molar-refractivity contribution in [3.05, 3.63) is 34.9 Å². The molecule has 0 aliphatic carbocycles. The monoisotopic (exact) mass is 260 g/mol. The maximum atomic E-state index is 11.9. The number of amides is 1. The van der Waals surface area contributed by atoms with E-state index in [0.29, 0.717) is 5.92 Å². The number of fused-ring (bicyclic) bond motifs is 1. The van der Waals surface area contributed by atoms with Crippen molar-refractivity contribution in [3.63, 3.8) is 0 Å². The van der Waals surface area contributed by atoms with Gasteiger partial charge in [0.25, 0.3) is 5.91 Å². The summed E-state index contributed by atoms with van der Waals surface area (Å²) in [7, 11) is 0. The van der Waals surface area contributed by atoms with E-state index in [0.717, 1.165) is 42.7 Å². The van der Waals surface area contributed by atoms with Crippen molar-refractivity contribution < 1.29 is 9.53 Å². The molecule has 2 heterocycles. The molecule has 0 aromatic heterocycles. The minimum atomic E-state index is -0.0578. The van der Waals surface area contributed by atoms with Gasteiger partial charge in [0.05, 0.1) is 6.10 Å². The van der Waals surface area contributed by atoms with Gasteiger partial charge in [-0.05, 0) is 37.0 Å². The van der Waals surface area contributed by atoms with Crippen LogP contribution in [0.2, 0.25) is 0 Å². The summed E-state index contributed by atoms with van der Waals surface area (Å²) in [6.45, 7) is 3.58. The van der Waals surface area contributed by atoms with Crippen molar-refractivity contribution in [2.45, 2.75) is 31.9 Å².